The molecule has 0 aliphatic heterocycles. The van der Waals surface area contributed by atoms with E-state index >= 15 is 0 Å². The Bertz CT molecular complexity index is 277. The highest BCUT2D eigenvalue weighted by molar-refractivity contribution is 6.31. The van der Waals surface area contributed by atoms with Gasteiger partial charge in [-0.3, -0.25) is 0 Å². The van der Waals surface area contributed by atoms with Crippen molar-refractivity contribution in [2.24, 2.45) is 5.73 Å². The molecular weight excluding hydrogens is 186 g/mol. The van der Waals surface area contributed by atoms with Gasteiger partial charge in [-0.15, -0.1) is 0 Å². The third kappa shape index (κ3) is 2.44. The summed E-state index contributed by atoms with van der Waals surface area (Å²) < 4.78 is 5.14. The summed E-state index contributed by atoms with van der Waals surface area (Å²) in [6.07, 6.45) is -0.0279. The Morgan fingerprint density at radius 1 is 1.38 bits per heavy atom. The molecule has 0 bridgehead atoms. The largest absolute Gasteiger partial charge is 0.380 e. The predicted octanol–water partition coefficient (Wildman–Crippen LogP) is 2.37. The summed E-state index contributed by atoms with van der Waals surface area (Å²) in [5, 5.41) is 0.693. The first-order valence-electron chi connectivity index (χ1n) is 4.19. The Balaban J connectivity index is 2.88. The van der Waals surface area contributed by atoms with Gasteiger partial charge < -0.3 is 10.5 Å². The van der Waals surface area contributed by atoms with E-state index < -0.39 is 0 Å². The second kappa shape index (κ2) is 4.61. The molecule has 0 spiro atoms. The average Bonchev–Trinajstić information content (AvgIpc) is 2.16. The van der Waals surface area contributed by atoms with Crippen LogP contribution in [-0.4, -0.2) is 13.2 Å². The van der Waals surface area contributed by atoms with Crippen molar-refractivity contribution in [3.8, 4) is 0 Å². The lowest BCUT2D eigenvalue weighted by atomic mass is 10.0. The maximum Gasteiger partial charge on any atom is 0.0736 e. The lowest BCUT2D eigenvalue weighted by Gasteiger charge is -2.19. The van der Waals surface area contributed by atoms with Gasteiger partial charge in [-0.1, -0.05) is 29.8 Å². The summed E-state index contributed by atoms with van der Waals surface area (Å²) in [4.78, 5) is 0. The highest BCUT2D eigenvalue weighted by Gasteiger charge is 2.15. The average molecular weight is 200 g/mol. The van der Waals surface area contributed by atoms with E-state index in [1.165, 1.54) is 0 Å². The van der Waals surface area contributed by atoms with Crippen LogP contribution in [0.4, 0.5) is 0 Å². The number of methoxy groups -OCH3 is 1. The maximum atomic E-state index is 5.98. The third-order valence-electron chi connectivity index (χ3n) is 2.14. The van der Waals surface area contributed by atoms with Gasteiger partial charge in [-0.2, -0.15) is 0 Å². The monoisotopic (exact) mass is 199 g/mol. The van der Waals surface area contributed by atoms with Crippen molar-refractivity contribution in [2.45, 2.75) is 19.1 Å². The van der Waals surface area contributed by atoms with E-state index in [9.17, 15) is 0 Å². The molecule has 2 N–H and O–H groups in total. The first kappa shape index (κ1) is 10.5. The number of benzene rings is 1. The highest BCUT2D eigenvalue weighted by atomic mass is 35.5. The number of nitrogens with two attached hydrogens (primary N) is 1. The molecule has 0 radical (unpaired) electrons. The van der Waals surface area contributed by atoms with Crippen LogP contribution >= 0.6 is 11.6 Å². The second-order valence-electron chi connectivity index (χ2n) is 2.99. The van der Waals surface area contributed by atoms with Crippen LogP contribution in [-0.2, 0) is 4.74 Å². The molecule has 2 atom stereocenters. The molecule has 2 nitrogen and oxygen atoms in total. The van der Waals surface area contributed by atoms with Crippen molar-refractivity contribution < 1.29 is 4.74 Å². The van der Waals surface area contributed by atoms with E-state index in [1.807, 2.05) is 31.2 Å². The first-order valence-corrected chi connectivity index (χ1v) is 4.57. The first-order chi connectivity index (χ1) is 6.16. The molecule has 0 heterocycles. The summed E-state index contributed by atoms with van der Waals surface area (Å²) >= 11 is 5.98. The molecular formula is C10H14ClNO. The minimum atomic E-state index is -0.168. The van der Waals surface area contributed by atoms with Crippen molar-refractivity contribution in [1.82, 2.24) is 0 Å². The summed E-state index contributed by atoms with van der Waals surface area (Å²) in [5.41, 5.74) is 6.87. The zero-order valence-electron chi connectivity index (χ0n) is 7.83. The molecule has 0 fully saturated rings. The van der Waals surface area contributed by atoms with Gasteiger partial charge in [-0.25, -0.2) is 0 Å². The molecule has 0 aliphatic carbocycles. The van der Waals surface area contributed by atoms with Crippen LogP contribution in [0.5, 0.6) is 0 Å². The Labute approximate surface area is 83.6 Å². The molecule has 2 unspecified atom stereocenters. The third-order valence-corrected chi connectivity index (χ3v) is 2.49. The van der Waals surface area contributed by atoms with E-state index in [4.69, 9.17) is 22.1 Å². The smallest absolute Gasteiger partial charge is 0.0736 e. The quantitative estimate of drug-likeness (QED) is 0.812. The highest BCUT2D eigenvalue weighted by Crippen LogP contribution is 2.23. The predicted molar refractivity (Wildman–Crippen MR) is 54.9 cm³/mol. The summed E-state index contributed by atoms with van der Waals surface area (Å²) in [7, 11) is 1.64. The molecule has 3 heteroatoms. The van der Waals surface area contributed by atoms with Crippen molar-refractivity contribution >= 4 is 11.6 Å². The summed E-state index contributed by atoms with van der Waals surface area (Å²) in [6, 6.07) is 7.39. The summed E-state index contributed by atoms with van der Waals surface area (Å²) in [6.45, 7) is 1.92. The van der Waals surface area contributed by atoms with E-state index in [1.54, 1.807) is 7.11 Å². The fourth-order valence-corrected chi connectivity index (χ4v) is 1.41. The molecule has 0 aliphatic rings. The minimum Gasteiger partial charge on any atom is -0.380 e. The lowest BCUT2D eigenvalue weighted by molar-refractivity contribution is 0.0957. The van der Waals surface area contributed by atoms with Crippen molar-refractivity contribution in [1.29, 1.82) is 0 Å². The van der Waals surface area contributed by atoms with Gasteiger partial charge in [0, 0.05) is 12.1 Å². The zero-order chi connectivity index (χ0) is 9.84. The standard InChI is InChI=1S/C10H14ClNO/c1-7(13-2)10(12)8-5-3-4-6-9(8)11/h3-7,10H,12H2,1-2H3. The molecule has 1 aromatic rings. The van der Waals surface area contributed by atoms with Crippen LogP contribution in [0.25, 0.3) is 0 Å². The lowest BCUT2D eigenvalue weighted by Crippen LogP contribution is -2.25. The normalized spacial score (nSPS) is 15.4. The second-order valence-corrected chi connectivity index (χ2v) is 3.40. The van der Waals surface area contributed by atoms with Crippen LogP contribution < -0.4 is 5.73 Å². The van der Waals surface area contributed by atoms with E-state index in [2.05, 4.69) is 0 Å². The molecule has 1 rings (SSSR count). The number of hydrogen-bond acceptors (Lipinski definition) is 2. The van der Waals surface area contributed by atoms with Crippen molar-refractivity contribution in [2.75, 3.05) is 7.11 Å². The summed E-state index contributed by atoms with van der Waals surface area (Å²) in [5.74, 6) is 0. The van der Waals surface area contributed by atoms with Gasteiger partial charge in [0.15, 0.2) is 0 Å². The SMILES string of the molecule is COC(C)C(N)c1ccccc1Cl. The van der Waals surface area contributed by atoms with Crippen molar-refractivity contribution in [3.05, 3.63) is 34.9 Å². The van der Waals surface area contributed by atoms with E-state index in [-0.39, 0.29) is 12.1 Å². The molecule has 0 saturated carbocycles. The Morgan fingerprint density at radius 2 is 2.00 bits per heavy atom. The number of halogens is 1. The Kier molecular flexibility index (Phi) is 3.72. The van der Waals surface area contributed by atoms with Crippen LogP contribution in [0.15, 0.2) is 24.3 Å². The number of hydrogen-bond donors (Lipinski definition) is 1. The van der Waals surface area contributed by atoms with Crippen LogP contribution in [0.2, 0.25) is 5.02 Å². The fraction of sp³-hybridized carbons (Fsp3) is 0.400. The van der Waals surface area contributed by atoms with Crippen LogP contribution in [0.1, 0.15) is 18.5 Å². The number of ether oxygens (including phenoxy) is 1. The van der Waals surface area contributed by atoms with Gasteiger partial charge in [-0.05, 0) is 18.6 Å². The maximum absolute atomic E-state index is 5.98. The van der Waals surface area contributed by atoms with Gasteiger partial charge in [0.05, 0.1) is 12.1 Å². The van der Waals surface area contributed by atoms with Gasteiger partial charge in [0.2, 0.25) is 0 Å². The molecule has 0 saturated heterocycles. The van der Waals surface area contributed by atoms with Gasteiger partial charge in [0.1, 0.15) is 0 Å². The van der Waals surface area contributed by atoms with Crippen LogP contribution in [0, 0.1) is 0 Å². The molecule has 0 aromatic heterocycles. The van der Waals surface area contributed by atoms with Gasteiger partial charge in [0.25, 0.3) is 0 Å². The van der Waals surface area contributed by atoms with E-state index in [0.29, 0.717) is 5.02 Å². The van der Waals surface area contributed by atoms with Crippen LogP contribution in [0.3, 0.4) is 0 Å². The topological polar surface area (TPSA) is 35.2 Å². The molecule has 0 amide bonds. The molecule has 1 aromatic carbocycles. The number of rotatable bonds is 3. The Hall–Kier alpha value is -0.570. The molecule has 72 valence electrons. The van der Waals surface area contributed by atoms with E-state index in [0.717, 1.165) is 5.56 Å². The van der Waals surface area contributed by atoms with Gasteiger partial charge >= 0.3 is 0 Å². The zero-order valence-corrected chi connectivity index (χ0v) is 8.58. The van der Waals surface area contributed by atoms with Crippen molar-refractivity contribution in [3.63, 3.8) is 0 Å². The fourth-order valence-electron chi connectivity index (χ4n) is 1.14. The minimum absolute atomic E-state index is 0.0279. The molecule has 13 heavy (non-hydrogen) atoms. The Morgan fingerprint density at radius 3 is 2.54 bits per heavy atom.